The lowest BCUT2D eigenvalue weighted by Gasteiger charge is -2.61. The molecule has 0 heterocycles. The van der Waals surface area contributed by atoms with Crippen LogP contribution in [0.3, 0.4) is 0 Å². The van der Waals surface area contributed by atoms with E-state index in [1.165, 1.54) is 12.0 Å². The number of nitrogens with one attached hydrogen (secondary N) is 2. The molecule has 27 heavy (non-hydrogen) atoms. The number of carbonyl (C=O) groups is 2. The second-order valence-electron chi connectivity index (χ2n) is 9.00. The minimum atomic E-state index is -0.253. The number of thioether (sulfide) groups is 1. The van der Waals surface area contributed by atoms with Crippen molar-refractivity contribution in [2.45, 2.75) is 56.7 Å². The molecular formula is C22H30N2O2S. The van der Waals surface area contributed by atoms with E-state index in [2.05, 4.69) is 34.9 Å². The van der Waals surface area contributed by atoms with Crippen molar-refractivity contribution in [3.8, 4) is 0 Å². The van der Waals surface area contributed by atoms with Crippen molar-refractivity contribution >= 4 is 23.6 Å². The van der Waals surface area contributed by atoms with Crippen molar-refractivity contribution < 1.29 is 9.59 Å². The van der Waals surface area contributed by atoms with Crippen molar-refractivity contribution in [2.75, 3.05) is 12.3 Å². The van der Waals surface area contributed by atoms with Gasteiger partial charge in [0.25, 0.3) is 0 Å². The van der Waals surface area contributed by atoms with E-state index in [-0.39, 0.29) is 22.8 Å². The van der Waals surface area contributed by atoms with Gasteiger partial charge < -0.3 is 10.6 Å². The second kappa shape index (κ2) is 7.50. The van der Waals surface area contributed by atoms with Crippen LogP contribution in [0.5, 0.6) is 0 Å². The Kier molecular flexibility index (Phi) is 5.23. The van der Waals surface area contributed by atoms with Crippen LogP contribution < -0.4 is 10.6 Å². The molecule has 4 bridgehead atoms. The molecule has 4 saturated carbocycles. The Balaban J connectivity index is 1.31. The van der Waals surface area contributed by atoms with E-state index in [0.29, 0.717) is 11.8 Å². The van der Waals surface area contributed by atoms with E-state index in [1.54, 1.807) is 6.92 Å². The van der Waals surface area contributed by atoms with Crippen LogP contribution in [-0.2, 0) is 15.3 Å². The van der Waals surface area contributed by atoms with Gasteiger partial charge in [-0.05, 0) is 55.9 Å². The summed E-state index contributed by atoms with van der Waals surface area (Å²) in [6, 6.07) is 10.4. The van der Waals surface area contributed by atoms with Crippen LogP contribution in [0.4, 0.5) is 0 Å². The summed E-state index contributed by atoms with van der Waals surface area (Å²) in [6.45, 7) is 2.33. The largest absolute Gasteiger partial charge is 0.355 e. The van der Waals surface area contributed by atoms with Crippen molar-refractivity contribution in [3.05, 3.63) is 35.9 Å². The lowest BCUT2D eigenvalue weighted by atomic mass is 9.46. The van der Waals surface area contributed by atoms with Gasteiger partial charge in [0.15, 0.2) is 0 Å². The van der Waals surface area contributed by atoms with Gasteiger partial charge in [-0.2, -0.15) is 11.8 Å². The first-order valence-electron chi connectivity index (χ1n) is 10.2. The van der Waals surface area contributed by atoms with Crippen LogP contribution in [0, 0.1) is 17.3 Å². The smallest absolute Gasteiger partial charge is 0.226 e. The predicted octanol–water partition coefficient (Wildman–Crippen LogP) is 3.51. The summed E-state index contributed by atoms with van der Waals surface area (Å²) >= 11 is 1.86. The molecule has 0 aromatic heterocycles. The minimum Gasteiger partial charge on any atom is -0.355 e. The average molecular weight is 387 g/mol. The van der Waals surface area contributed by atoms with Crippen LogP contribution >= 0.6 is 11.8 Å². The highest BCUT2D eigenvalue weighted by atomic mass is 32.2. The first-order chi connectivity index (χ1) is 13.0. The first kappa shape index (κ1) is 18.9. The summed E-state index contributed by atoms with van der Waals surface area (Å²) in [5.74, 6) is 3.38. The molecule has 2 amide bonds. The molecule has 1 aromatic rings. The van der Waals surface area contributed by atoms with E-state index in [1.807, 2.05) is 17.8 Å². The monoisotopic (exact) mass is 386 g/mol. The van der Waals surface area contributed by atoms with E-state index in [9.17, 15) is 9.59 Å². The van der Waals surface area contributed by atoms with Crippen LogP contribution in [0.1, 0.15) is 51.0 Å². The molecule has 0 radical (unpaired) electrons. The van der Waals surface area contributed by atoms with Crippen LogP contribution in [0.25, 0.3) is 0 Å². The molecule has 5 rings (SSSR count). The number of carbonyl (C=O) groups excluding carboxylic acids is 2. The van der Waals surface area contributed by atoms with Gasteiger partial charge in [0, 0.05) is 30.5 Å². The molecule has 2 atom stereocenters. The quantitative estimate of drug-likeness (QED) is 0.705. The van der Waals surface area contributed by atoms with Crippen LogP contribution in [-0.4, -0.2) is 29.7 Å². The van der Waals surface area contributed by atoms with Crippen LogP contribution in [0.15, 0.2) is 30.3 Å². The maximum absolute atomic E-state index is 13.1. The fourth-order valence-electron chi connectivity index (χ4n) is 6.24. The van der Waals surface area contributed by atoms with E-state index in [0.717, 1.165) is 50.2 Å². The van der Waals surface area contributed by atoms with Gasteiger partial charge in [-0.15, -0.1) is 0 Å². The molecule has 4 aliphatic rings. The molecule has 0 saturated heterocycles. The van der Waals surface area contributed by atoms with Gasteiger partial charge in [0.2, 0.25) is 11.8 Å². The predicted molar refractivity (Wildman–Crippen MR) is 109 cm³/mol. The lowest BCUT2D eigenvalue weighted by Crippen LogP contribution is -2.65. The Morgan fingerprint density at radius 2 is 1.81 bits per heavy atom. The van der Waals surface area contributed by atoms with Crippen molar-refractivity contribution in [3.63, 3.8) is 0 Å². The Hall–Kier alpha value is -1.49. The summed E-state index contributed by atoms with van der Waals surface area (Å²) in [5.41, 5.74) is 0.943. The van der Waals surface area contributed by atoms with E-state index >= 15 is 0 Å². The Morgan fingerprint density at radius 1 is 1.11 bits per heavy atom. The summed E-state index contributed by atoms with van der Waals surface area (Å²) in [5, 5.41) is 6.46. The first-order valence-corrected chi connectivity index (χ1v) is 11.3. The Labute approximate surface area is 166 Å². The fraction of sp³-hybridized carbons (Fsp3) is 0.636. The maximum Gasteiger partial charge on any atom is 0.226 e. The van der Waals surface area contributed by atoms with Crippen molar-refractivity contribution in [1.29, 1.82) is 0 Å². The zero-order valence-corrected chi connectivity index (χ0v) is 16.9. The van der Waals surface area contributed by atoms with E-state index in [4.69, 9.17) is 0 Å². The standard InChI is InChI=1S/C22H30N2O2S/c1-16(25)24-22-12-18-9-19(13-22)11-21(10-18,15-22)20(26)23-7-8-27-14-17-5-3-2-4-6-17/h2-6,18-19H,7-15H2,1H3,(H,23,26)(H,24,25). The van der Waals surface area contributed by atoms with Gasteiger partial charge >= 0.3 is 0 Å². The highest BCUT2D eigenvalue weighted by Gasteiger charge is 2.60. The maximum atomic E-state index is 13.1. The molecule has 4 nitrogen and oxygen atoms in total. The average Bonchev–Trinajstić information content (AvgIpc) is 2.60. The molecule has 5 heteroatoms. The number of benzene rings is 1. The Bertz CT molecular complexity index is 692. The molecule has 1 aromatic carbocycles. The number of hydrogen-bond acceptors (Lipinski definition) is 3. The highest BCUT2D eigenvalue weighted by Crippen LogP contribution is 2.61. The zero-order valence-electron chi connectivity index (χ0n) is 16.1. The van der Waals surface area contributed by atoms with Gasteiger partial charge in [0.1, 0.15) is 0 Å². The molecular weight excluding hydrogens is 356 g/mol. The number of amides is 2. The highest BCUT2D eigenvalue weighted by molar-refractivity contribution is 7.98. The van der Waals surface area contributed by atoms with Crippen molar-refractivity contribution in [2.24, 2.45) is 17.3 Å². The Morgan fingerprint density at radius 3 is 2.48 bits per heavy atom. The second-order valence-corrected chi connectivity index (χ2v) is 10.1. The molecule has 0 spiro atoms. The minimum absolute atomic E-state index is 0.0461. The van der Waals surface area contributed by atoms with Gasteiger partial charge in [-0.3, -0.25) is 9.59 Å². The molecule has 146 valence electrons. The molecule has 2 N–H and O–H groups in total. The lowest BCUT2D eigenvalue weighted by molar-refractivity contribution is -0.152. The summed E-state index contributed by atoms with van der Waals surface area (Å²) in [6.07, 6.45) is 6.20. The third-order valence-electron chi connectivity index (χ3n) is 6.63. The van der Waals surface area contributed by atoms with E-state index < -0.39 is 0 Å². The third kappa shape index (κ3) is 4.03. The summed E-state index contributed by atoms with van der Waals surface area (Å²) < 4.78 is 0. The number of rotatable bonds is 7. The molecule has 4 fully saturated rings. The van der Waals surface area contributed by atoms with Gasteiger partial charge in [-0.25, -0.2) is 0 Å². The van der Waals surface area contributed by atoms with Crippen LogP contribution in [0.2, 0.25) is 0 Å². The fourth-order valence-corrected chi connectivity index (χ4v) is 7.06. The third-order valence-corrected chi connectivity index (χ3v) is 7.66. The van der Waals surface area contributed by atoms with Gasteiger partial charge in [-0.1, -0.05) is 30.3 Å². The van der Waals surface area contributed by atoms with Gasteiger partial charge in [0.05, 0.1) is 5.41 Å². The normalized spacial score (nSPS) is 33.7. The number of hydrogen-bond donors (Lipinski definition) is 2. The topological polar surface area (TPSA) is 58.2 Å². The summed E-state index contributed by atoms with van der Waals surface area (Å²) in [4.78, 5) is 24.9. The van der Waals surface area contributed by atoms with Crippen molar-refractivity contribution in [1.82, 2.24) is 10.6 Å². The zero-order chi connectivity index (χ0) is 18.9. The molecule has 2 unspecified atom stereocenters. The molecule has 4 aliphatic carbocycles. The SMILES string of the molecule is CC(=O)NC12CC3CC(C1)CC(C(=O)NCCSCc1ccccc1)(C3)C2. The molecule has 0 aliphatic heterocycles. The summed E-state index contributed by atoms with van der Waals surface area (Å²) in [7, 11) is 0.